The SMILES string of the molecule is N#Cc1cc(F)c(-n2cncn2)c(Cl)c1O. The molecule has 0 fully saturated rings. The summed E-state index contributed by atoms with van der Waals surface area (Å²) < 4.78 is 14.7. The van der Waals surface area contributed by atoms with Gasteiger partial charge in [0, 0.05) is 0 Å². The molecule has 0 amide bonds. The van der Waals surface area contributed by atoms with Gasteiger partial charge in [0.2, 0.25) is 0 Å². The Labute approximate surface area is 94.3 Å². The van der Waals surface area contributed by atoms with Gasteiger partial charge in [-0.15, -0.1) is 0 Å². The molecule has 2 rings (SSSR count). The molecule has 1 heterocycles. The Bertz CT molecular complexity index is 576. The molecule has 5 nitrogen and oxygen atoms in total. The Morgan fingerprint density at radius 3 is 2.88 bits per heavy atom. The lowest BCUT2D eigenvalue weighted by molar-refractivity contribution is 0.470. The number of halogens is 2. The van der Waals surface area contributed by atoms with Crippen LogP contribution in [0.25, 0.3) is 5.69 Å². The van der Waals surface area contributed by atoms with Gasteiger partial charge in [0.05, 0.1) is 5.56 Å². The number of phenolic OH excluding ortho intramolecular Hbond substituents is 1. The summed E-state index contributed by atoms with van der Waals surface area (Å²) in [6.07, 6.45) is 2.43. The summed E-state index contributed by atoms with van der Waals surface area (Å²) in [4.78, 5) is 3.63. The van der Waals surface area contributed by atoms with Crippen LogP contribution in [0, 0.1) is 17.1 Å². The van der Waals surface area contributed by atoms with Crippen molar-refractivity contribution >= 4 is 11.6 Å². The van der Waals surface area contributed by atoms with E-state index in [9.17, 15) is 9.50 Å². The van der Waals surface area contributed by atoms with E-state index in [0.29, 0.717) is 0 Å². The fourth-order valence-corrected chi connectivity index (χ4v) is 1.50. The maximum Gasteiger partial charge on any atom is 0.154 e. The Balaban J connectivity index is 2.74. The highest BCUT2D eigenvalue weighted by molar-refractivity contribution is 6.34. The number of aromatic nitrogens is 3. The summed E-state index contributed by atoms with van der Waals surface area (Å²) >= 11 is 5.74. The molecule has 0 aliphatic heterocycles. The molecule has 1 N–H and O–H groups in total. The molecule has 0 radical (unpaired) electrons. The average Bonchev–Trinajstić information content (AvgIpc) is 2.77. The van der Waals surface area contributed by atoms with Gasteiger partial charge in [-0.25, -0.2) is 14.1 Å². The molecule has 0 unspecified atom stereocenters. The zero-order valence-corrected chi connectivity index (χ0v) is 8.48. The molecule has 1 aromatic carbocycles. The van der Waals surface area contributed by atoms with Crippen molar-refractivity contribution in [2.45, 2.75) is 0 Å². The molecule has 80 valence electrons. The first-order chi connectivity index (χ1) is 7.65. The van der Waals surface area contributed by atoms with Gasteiger partial charge in [-0.05, 0) is 6.07 Å². The summed E-state index contributed by atoms with van der Waals surface area (Å²) in [6.45, 7) is 0. The summed E-state index contributed by atoms with van der Waals surface area (Å²) in [5.74, 6) is -1.24. The van der Waals surface area contributed by atoms with Crippen LogP contribution in [-0.4, -0.2) is 19.9 Å². The Kier molecular flexibility index (Phi) is 2.46. The Hall–Kier alpha value is -2.13. The number of hydrogen-bond acceptors (Lipinski definition) is 4. The smallest absolute Gasteiger partial charge is 0.154 e. The molecule has 0 saturated heterocycles. The van der Waals surface area contributed by atoms with Crippen LogP contribution in [0.1, 0.15) is 5.56 Å². The largest absolute Gasteiger partial charge is 0.505 e. The van der Waals surface area contributed by atoms with E-state index >= 15 is 0 Å². The molecule has 7 heteroatoms. The van der Waals surface area contributed by atoms with Gasteiger partial charge in [0.15, 0.2) is 11.6 Å². The number of nitriles is 1. The molecular formula is C9H4ClFN4O. The first kappa shape index (κ1) is 10.4. The van der Waals surface area contributed by atoms with Gasteiger partial charge >= 0.3 is 0 Å². The Morgan fingerprint density at radius 2 is 2.31 bits per heavy atom. The van der Waals surface area contributed by atoms with Gasteiger partial charge in [0.25, 0.3) is 0 Å². The van der Waals surface area contributed by atoms with Crippen molar-refractivity contribution in [3.63, 3.8) is 0 Å². The van der Waals surface area contributed by atoms with Crippen LogP contribution in [0.5, 0.6) is 5.75 Å². The second-order valence-electron chi connectivity index (χ2n) is 2.87. The van der Waals surface area contributed by atoms with Crippen LogP contribution in [0.3, 0.4) is 0 Å². The fourth-order valence-electron chi connectivity index (χ4n) is 1.22. The van der Waals surface area contributed by atoms with Crippen LogP contribution in [-0.2, 0) is 0 Å². The third-order valence-electron chi connectivity index (χ3n) is 1.94. The van der Waals surface area contributed by atoms with Crippen molar-refractivity contribution in [3.05, 3.63) is 35.1 Å². The molecule has 0 aliphatic rings. The summed E-state index contributed by atoms with van der Waals surface area (Å²) in [5.41, 5.74) is -0.373. The number of phenols is 1. The van der Waals surface area contributed by atoms with Crippen molar-refractivity contribution in [2.24, 2.45) is 0 Å². The zero-order valence-electron chi connectivity index (χ0n) is 7.72. The minimum atomic E-state index is -0.759. The predicted molar refractivity (Wildman–Crippen MR) is 52.7 cm³/mol. The van der Waals surface area contributed by atoms with Crippen LogP contribution in [0.2, 0.25) is 5.02 Å². The molecule has 0 aliphatic carbocycles. The third-order valence-corrected chi connectivity index (χ3v) is 2.29. The van der Waals surface area contributed by atoms with E-state index in [1.807, 2.05) is 0 Å². The van der Waals surface area contributed by atoms with Gasteiger partial charge < -0.3 is 5.11 Å². The van der Waals surface area contributed by atoms with E-state index in [-0.39, 0.29) is 16.3 Å². The van der Waals surface area contributed by atoms with Crippen molar-refractivity contribution < 1.29 is 9.50 Å². The average molecular weight is 239 g/mol. The summed E-state index contributed by atoms with van der Waals surface area (Å²) in [5, 5.41) is 21.6. The Morgan fingerprint density at radius 1 is 1.56 bits per heavy atom. The number of rotatable bonds is 1. The molecule has 0 saturated carbocycles. The quantitative estimate of drug-likeness (QED) is 0.820. The van der Waals surface area contributed by atoms with Gasteiger partial charge in [-0.2, -0.15) is 10.4 Å². The first-order valence-electron chi connectivity index (χ1n) is 4.11. The maximum absolute atomic E-state index is 13.6. The van der Waals surface area contributed by atoms with Gasteiger partial charge in [-0.3, -0.25) is 0 Å². The van der Waals surface area contributed by atoms with E-state index in [1.54, 1.807) is 6.07 Å². The second kappa shape index (κ2) is 3.79. The van der Waals surface area contributed by atoms with E-state index in [1.165, 1.54) is 12.7 Å². The minimum absolute atomic E-state index is 0.143. The molecule has 0 atom stereocenters. The van der Waals surface area contributed by atoms with Crippen LogP contribution < -0.4 is 0 Å². The number of benzene rings is 1. The van der Waals surface area contributed by atoms with Crippen molar-refractivity contribution in [1.82, 2.24) is 14.8 Å². The van der Waals surface area contributed by atoms with Crippen LogP contribution >= 0.6 is 11.6 Å². The van der Waals surface area contributed by atoms with E-state index < -0.39 is 11.6 Å². The molecule has 16 heavy (non-hydrogen) atoms. The zero-order chi connectivity index (χ0) is 11.7. The first-order valence-corrected chi connectivity index (χ1v) is 4.49. The van der Waals surface area contributed by atoms with E-state index in [4.69, 9.17) is 16.9 Å². The number of nitrogens with zero attached hydrogens (tertiary/aromatic N) is 4. The van der Waals surface area contributed by atoms with Crippen molar-refractivity contribution in [3.8, 4) is 17.5 Å². The summed E-state index contributed by atoms with van der Waals surface area (Å²) in [7, 11) is 0. The molecule has 0 spiro atoms. The highest BCUT2D eigenvalue weighted by Gasteiger charge is 2.18. The highest BCUT2D eigenvalue weighted by Crippen LogP contribution is 2.34. The van der Waals surface area contributed by atoms with Crippen LogP contribution in [0.15, 0.2) is 18.7 Å². The lowest BCUT2D eigenvalue weighted by Gasteiger charge is -2.07. The lowest BCUT2D eigenvalue weighted by atomic mass is 10.2. The summed E-state index contributed by atoms with van der Waals surface area (Å²) in [6, 6.07) is 2.52. The standard InChI is InChI=1S/C9H4ClFN4O/c10-7-8(15-4-13-3-14-15)6(11)1-5(2-12)9(7)16/h1,3-4,16H. The van der Waals surface area contributed by atoms with Crippen molar-refractivity contribution in [1.29, 1.82) is 5.26 Å². The second-order valence-corrected chi connectivity index (χ2v) is 3.25. The predicted octanol–water partition coefficient (Wildman–Crippen LogP) is 1.64. The highest BCUT2D eigenvalue weighted by atomic mass is 35.5. The molecule has 0 bridgehead atoms. The number of aromatic hydroxyl groups is 1. The molecule has 2 aromatic rings. The molecule has 1 aromatic heterocycles. The normalized spacial score (nSPS) is 10.1. The number of hydrogen-bond donors (Lipinski definition) is 1. The molecular weight excluding hydrogens is 235 g/mol. The van der Waals surface area contributed by atoms with Crippen molar-refractivity contribution in [2.75, 3.05) is 0 Å². The van der Waals surface area contributed by atoms with E-state index in [2.05, 4.69) is 10.1 Å². The fraction of sp³-hybridized carbons (Fsp3) is 0. The van der Waals surface area contributed by atoms with E-state index in [0.717, 1.165) is 10.7 Å². The maximum atomic E-state index is 13.6. The van der Waals surface area contributed by atoms with Crippen LogP contribution in [0.4, 0.5) is 4.39 Å². The minimum Gasteiger partial charge on any atom is -0.505 e. The monoisotopic (exact) mass is 238 g/mol. The lowest BCUT2D eigenvalue weighted by Crippen LogP contribution is -2.00. The van der Waals surface area contributed by atoms with Gasteiger partial charge in [-0.1, -0.05) is 11.6 Å². The van der Waals surface area contributed by atoms with Gasteiger partial charge in [0.1, 0.15) is 29.4 Å². The third kappa shape index (κ3) is 1.47. The topological polar surface area (TPSA) is 74.7 Å².